The van der Waals surface area contributed by atoms with E-state index in [1.807, 2.05) is 0 Å². The number of amides is 1. The van der Waals surface area contributed by atoms with E-state index in [1.165, 1.54) is 30.3 Å². The number of benzene rings is 2. The van der Waals surface area contributed by atoms with Crippen molar-refractivity contribution in [3.63, 3.8) is 0 Å². The van der Waals surface area contributed by atoms with Crippen molar-refractivity contribution in [2.24, 2.45) is 0 Å². The highest BCUT2D eigenvalue weighted by molar-refractivity contribution is 7.89. The first-order valence-corrected chi connectivity index (χ1v) is 10.2. The lowest BCUT2D eigenvalue weighted by Gasteiger charge is -2.07. The van der Waals surface area contributed by atoms with Crippen molar-refractivity contribution in [2.75, 3.05) is 0 Å². The lowest BCUT2D eigenvalue weighted by Crippen LogP contribution is -2.25. The molecule has 27 heavy (non-hydrogen) atoms. The lowest BCUT2D eigenvalue weighted by atomic mass is 10.1. The number of carbonyl (C=O) groups is 1. The first-order valence-electron chi connectivity index (χ1n) is 8.67. The first kappa shape index (κ1) is 19.3. The second kappa shape index (κ2) is 8.02. The molecule has 2 N–H and O–H groups in total. The Hall–Kier alpha value is -2.51. The third-order valence-electron chi connectivity index (χ3n) is 4.25. The average Bonchev–Trinajstić information content (AvgIpc) is 3.44. The van der Waals surface area contributed by atoms with E-state index in [1.54, 1.807) is 31.2 Å². The van der Waals surface area contributed by atoms with Crippen LogP contribution in [0.25, 0.3) is 5.57 Å². The third kappa shape index (κ3) is 5.48. The first-order chi connectivity index (χ1) is 12.8. The van der Waals surface area contributed by atoms with Crippen LogP contribution in [0, 0.1) is 5.82 Å². The molecule has 0 aromatic heterocycles. The van der Waals surface area contributed by atoms with Crippen LogP contribution in [0.5, 0.6) is 0 Å². The van der Waals surface area contributed by atoms with Crippen LogP contribution in [0.4, 0.5) is 4.39 Å². The second-order valence-corrected chi connectivity index (χ2v) is 8.31. The number of carbonyl (C=O) groups excluding carboxylic acids is 1. The normalized spacial score (nSPS) is 14.8. The molecule has 0 saturated heterocycles. The average molecular weight is 388 g/mol. The van der Waals surface area contributed by atoms with Gasteiger partial charge in [-0.15, -0.1) is 0 Å². The number of allylic oxidation sites excluding steroid dienone is 1. The monoisotopic (exact) mass is 388 g/mol. The van der Waals surface area contributed by atoms with Gasteiger partial charge in [0.2, 0.25) is 15.9 Å². The van der Waals surface area contributed by atoms with Crippen LogP contribution >= 0.6 is 0 Å². The van der Waals surface area contributed by atoms with Gasteiger partial charge in [0.15, 0.2) is 0 Å². The molecule has 0 aliphatic heterocycles. The molecule has 1 aliphatic carbocycles. The highest BCUT2D eigenvalue weighted by Gasteiger charge is 2.27. The van der Waals surface area contributed by atoms with Gasteiger partial charge in [-0.05, 0) is 60.7 Å². The highest BCUT2D eigenvalue weighted by atomic mass is 32.2. The predicted molar refractivity (Wildman–Crippen MR) is 102 cm³/mol. The van der Waals surface area contributed by atoms with E-state index in [2.05, 4.69) is 10.0 Å². The van der Waals surface area contributed by atoms with E-state index < -0.39 is 10.0 Å². The Morgan fingerprint density at radius 3 is 2.33 bits per heavy atom. The van der Waals surface area contributed by atoms with Crippen molar-refractivity contribution < 1.29 is 17.6 Å². The minimum absolute atomic E-state index is 0.0603. The van der Waals surface area contributed by atoms with Crippen LogP contribution in [-0.4, -0.2) is 20.4 Å². The molecule has 1 fully saturated rings. The molecule has 142 valence electrons. The van der Waals surface area contributed by atoms with Crippen molar-refractivity contribution in [1.29, 1.82) is 0 Å². The van der Waals surface area contributed by atoms with Crippen LogP contribution < -0.4 is 10.0 Å². The molecule has 1 amide bonds. The number of sulfonamides is 1. The number of halogens is 1. The molecule has 0 heterocycles. The second-order valence-electron chi connectivity index (χ2n) is 6.59. The fourth-order valence-corrected chi connectivity index (χ4v) is 3.81. The van der Waals surface area contributed by atoms with E-state index in [-0.39, 0.29) is 29.2 Å². The zero-order valence-electron chi connectivity index (χ0n) is 14.9. The minimum Gasteiger partial charge on any atom is -0.348 e. The van der Waals surface area contributed by atoms with E-state index in [0.29, 0.717) is 0 Å². The number of hydrogen-bond acceptors (Lipinski definition) is 3. The third-order valence-corrected chi connectivity index (χ3v) is 5.78. The van der Waals surface area contributed by atoms with Gasteiger partial charge in [-0.2, -0.15) is 0 Å². The van der Waals surface area contributed by atoms with E-state index in [4.69, 9.17) is 0 Å². The van der Waals surface area contributed by atoms with Crippen molar-refractivity contribution in [1.82, 2.24) is 10.0 Å². The molecule has 0 spiro atoms. The van der Waals surface area contributed by atoms with Crippen molar-refractivity contribution >= 4 is 21.5 Å². The number of rotatable bonds is 7. The molecule has 0 atom stereocenters. The summed E-state index contributed by atoms with van der Waals surface area (Å²) >= 11 is 0. The van der Waals surface area contributed by atoms with Gasteiger partial charge < -0.3 is 5.32 Å². The molecule has 3 rings (SSSR count). The summed E-state index contributed by atoms with van der Waals surface area (Å²) < 4.78 is 39.8. The van der Waals surface area contributed by atoms with Gasteiger partial charge in [-0.3, -0.25) is 4.79 Å². The van der Waals surface area contributed by atoms with E-state index in [9.17, 15) is 17.6 Å². The molecule has 2 aromatic carbocycles. The van der Waals surface area contributed by atoms with Gasteiger partial charge in [0.05, 0.1) is 4.90 Å². The molecular weight excluding hydrogens is 367 g/mol. The van der Waals surface area contributed by atoms with Crippen molar-refractivity contribution in [3.05, 3.63) is 71.6 Å². The Bertz CT molecular complexity index is 948. The van der Waals surface area contributed by atoms with Crippen LogP contribution in [0.2, 0.25) is 0 Å². The molecule has 0 radical (unpaired) electrons. The van der Waals surface area contributed by atoms with Crippen LogP contribution in [-0.2, 0) is 21.4 Å². The Morgan fingerprint density at radius 1 is 1.11 bits per heavy atom. The fourth-order valence-electron chi connectivity index (χ4n) is 2.51. The van der Waals surface area contributed by atoms with Gasteiger partial charge in [0.1, 0.15) is 5.82 Å². The van der Waals surface area contributed by atoms with Gasteiger partial charge in [-0.1, -0.05) is 24.3 Å². The smallest absolute Gasteiger partial charge is 0.244 e. The molecule has 0 unspecified atom stereocenters. The molecule has 2 aromatic rings. The largest absolute Gasteiger partial charge is 0.348 e. The summed E-state index contributed by atoms with van der Waals surface area (Å²) in [6.45, 7) is 2.06. The molecule has 1 saturated carbocycles. The summed E-state index contributed by atoms with van der Waals surface area (Å²) in [4.78, 5) is 12.3. The zero-order chi connectivity index (χ0) is 19.4. The maximum Gasteiger partial charge on any atom is 0.244 e. The van der Waals surface area contributed by atoms with Gasteiger partial charge >= 0.3 is 0 Å². The zero-order valence-corrected chi connectivity index (χ0v) is 15.7. The Kier molecular flexibility index (Phi) is 5.72. The van der Waals surface area contributed by atoms with Gasteiger partial charge in [-0.25, -0.2) is 17.5 Å². The SMILES string of the molecule is C/C(=C\C(=O)NCc1ccc(S(=O)(=O)NC2CC2)cc1)c1ccc(F)cc1. The predicted octanol–water partition coefficient (Wildman–Crippen LogP) is 2.99. The summed E-state index contributed by atoms with van der Waals surface area (Å²) in [6, 6.07) is 12.4. The molecular formula is C20H21FN2O3S. The van der Waals surface area contributed by atoms with Crippen molar-refractivity contribution in [3.8, 4) is 0 Å². The van der Waals surface area contributed by atoms with Crippen LogP contribution in [0.15, 0.2) is 59.5 Å². The molecule has 0 bridgehead atoms. The maximum absolute atomic E-state index is 12.9. The van der Waals surface area contributed by atoms with Gasteiger partial charge in [0, 0.05) is 18.7 Å². The Balaban J connectivity index is 1.57. The quantitative estimate of drug-likeness (QED) is 0.716. The maximum atomic E-state index is 12.9. The summed E-state index contributed by atoms with van der Waals surface area (Å²) in [5, 5.41) is 2.76. The lowest BCUT2D eigenvalue weighted by molar-refractivity contribution is -0.116. The fraction of sp³-hybridized carbons (Fsp3) is 0.250. The number of nitrogens with one attached hydrogen (secondary N) is 2. The molecule has 1 aliphatic rings. The Labute approximate surface area is 158 Å². The highest BCUT2D eigenvalue weighted by Crippen LogP contribution is 2.22. The molecule has 5 nitrogen and oxygen atoms in total. The van der Waals surface area contributed by atoms with Crippen LogP contribution in [0.1, 0.15) is 30.9 Å². The Morgan fingerprint density at radius 2 is 1.74 bits per heavy atom. The van der Waals surface area contributed by atoms with E-state index >= 15 is 0 Å². The van der Waals surface area contributed by atoms with Crippen molar-refractivity contribution in [2.45, 2.75) is 37.2 Å². The summed E-state index contributed by atoms with van der Waals surface area (Å²) in [6.07, 6.45) is 3.22. The van der Waals surface area contributed by atoms with Crippen LogP contribution in [0.3, 0.4) is 0 Å². The topological polar surface area (TPSA) is 75.3 Å². The number of hydrogen-bond donors (Lipinski definition) is 2. The standard InChI is InChI=1S/C20H21FN2O3S/c1-14(16-4-6-17(21)7-5-16)12-20(24)22-13-15-2-10-19(11-3-15)27(25,26)23-18-8-9-18/h2-7,10-12,18,23H,8-9,13H2,1H3,(H,22,24)/b14-12+. The van der Waals surface area contributed by atoms with Gasteiger partial charge in [0.25, 0.3) is 0 Å². The van der Waals surface area contributed by atoms with E-state index in [0.717, 1.165) is 29.5 Å². The minimum atomic E-state index is -3.47. The summed E-state index contributed by atoms with van der Waals surface area (Å²) in [5.41, 5.74) is 2.28. The summed E-state index contributed by atoms with van der Waals surface area (Å²) in [7, 11) is -3.47. The molecule has 7 heteroatoms. The summed E-state index contributed by atoms with van der Waals surface area (Å²) in [5.74, 6) is -0.599.